The van der Waals surface area contributed by atoms with Crippen LogP contribution in [0.3, 0.4) is 0 Å². The Kier molecular flexibility index (Phi) is 6.13. The number of hydrogen-bond donors (Lipinski definition) is 1. The predicted molar refractivity (Wildman–Crippen MR) is 98.0 cm³/mol. The summed E-state index contributed by atoms with van der Waals surface area (Å²) < 4.78 is 13.7. The van der Waals surface area contributed by atoms with E-state index in [2.05, 4.69) is 45.1 Å². The molecule has 0 fully saturated rings. The van der Waals surface area contributed by atoms with Gasteiger partial charge in [0.05, 0.1) is 0 Å². The second-order valence-corrected chi connectivity index (χ2v) is 6.76. The van der Waals surface area contributed by atoms with Gasteiger partial charge in [-0.2, -0.15) is 0 Å². The summed E-state index contributed by atoms with van der Waals surface area (Å²) in [6.45, 7) is 8.48. The van der Waals surface area contributed by atoms with Gasteiger partial charge in [-0.15, -0.1) is 0 Å². The van der Waals surface area contributed by atoms with Crippen LogP contribution in [0.2, 0.25) is 0 Å². The summed E-state index contributed by atoms with van der Waals surface area (Å²) in [5.41, 5.74) is 3.77. The van der Waals surface area contributed by atoms with Crippen molar-refractivity contribution in [3.05, 3.63) is 65.0 Å². The Balaban J connectivity index is 2.15. The van der Waals surface area contributed by atoms with Gasteiger partial charge in [-0.25, -0.2) is 4.39 Å². The molecule has 1 amide bonds. The predicted octanol–water partition coefficient (Wildman–Crippen LogP) is 5.64. The van der Waals surface area contributed by atoms with E-state index in [1.54, 1.807) is 18.2 Å². The van der Waals surface area contributed by atoms with Crippen molar-refractivity contribution in [2.45, 2.75) is 52.4 Å². The number of halogens is 1. The first-order valence-electron chi connectivity index (χ1n) is 8.56. The quantitative estimate of drug-likeness (QED) is 0.730. The molecule has 0 heterocycles. The third-order valence-corrected chi connectivity index (χ3v) is 4.22. The Morgan fingerprint density at radius 1 is 0.958 bits per heavy atom. The summed E-state index contributed by atoms with van der Waals surface area (Å²) in [4.78, 5) is 12.4. The van der Waals surface area contributed by atoms with E-state index >= 15 is 0 Å². The molecule has 2 rings (SSSR count). The first kappa shape index (κ1) is 18.2. The van der Waals surface area contributed by atoms with Gasteiger partial charge in [0.25, 0.3) is 0 Å². The zero-order valence-electron chi connectivity index (χ0n) is 14.9. The molecular formula is C21H26FNO. The number of anilines is 1. The van der Waals surface area contributed by atoms with E-state index in [1.165, 1.54) is 6.07 Å². The fourth-order valence-electron chi connectivity index (χ4n) is 2.85. The van der Waals surface area contributed by atoms with Gasteiger partial charge < -0.3 is 5.32 Å². The normalized spacial score (nSPS) is 11.1. The fraction of sp³-hybridized carbons (Fsp3) is 0.381. The standard InChI is InChI=1S/C21H26FNO/c1-14(2)17-9-7-10-18(15(3)4)21(17)23-20(24)13-12-16-8-5-6-11-19(16)22/h5-11,14-15H,12-13H2,1-4H3,(H,23,24). The molecule has 24 heavy (non-hydrogen) atoms. The highest BCUT2D eigenvalue weighted by Crippen LogP contribution is 2.32. The van der Waals surface area contributed by atoms with E-state index in [0.717, 1.165) is 16.8 Å². The first-order valence-corrected chi connectivity index (χ1v) is 8.56. The summed E-state index contributed by atoms with van der Waals surface area (Å²) >= 11 is 0. The van der Waals surface area contributed by atoms with Crippen molar-refractivity contribution in [1.29, 1.82) is 0 Å². The van der Waals surface area contributed by atoms with Crippen LogP contribution in [0.5, 0.6) is 0 Å². The van der Waals surface area contributed by atoms with Crippen molar-refractivity contribution in [3.63, 3.8) is 0 Å². The number of hydrogen-bond acceptors (Lipinski definition) is 1. The summed E-state index contributed by atoms with van der Waals surface area (Å²) in [6.07, 6.45) is 0.671. The summed E-state index contributed by atoms with van der Waals surface area (Å²) in [6, 6.07) is 12.8. The SMILES string of the molecule is CC(C)c1cccc(C(C)C)c1NC(=O)CCc1ccccc1F. The lowest BCUT2D eigenvalue weighted by Gasteiger charge is -2.20. The molecule has 0 aliphatic carbocycles. The number of carbonyl (C=O) groups is 1. The van der Waals surface area contributed by atoms with Crippen molar-refractivity contribution in [3.8, 4) is 0 Å². The Bertz CT molecular complexity index is 680. The highest BCUT2D eigenvalue weighted by Gasteiger charge is 2.16. The fourth-order valence-corrected chi connectivity index (χ4v) is 2.85. The van der Waals surface area contributed by atoms with Gasteiger partial charge in [0.2, 0.25) is 5.91 Å². The van der Waals surface area contributed by atoms with Crippen molar-refractivity contribution >= 4 is 11.6 Å². The minimum absolute atomic E-state index is 0.0757. The Labute approximate surface area is 144 Å². The second-order valence-electron chi connectivity index (χ2n) is 6.76. The molecule has 0 bridgehead atoms. The monoisotopic (exact) mass is 327 g/mol. The molecule has 0 spiro atoms. The molecule has 0 saturated carbocycles. The van der Waals surface area contributed by atoms with E-state index in [1.807, 2.05) is 6.07 Å². The Morgan fingerprint density at radius 3 is 2.08 bits per heavy atom. The van der Waals surface area contributed by atoms with Gasteiger partial charge in [-0.1, -0.05) is 64.1 Å². The van der Waals surface area contributed by atoms with Gasteiger partial charge >= 0.3 is 0 Å². The van der Waals surface area contributed by atoms with Gasteiger partial charge in [0, 0.05) is 12.1 Å². The maximum absolute atomic E-state index is 13.7. The van der Waals surface area contributed by atoms with E-state index in [0.29, 0.717) is 23.8 Å². The highest BCUT2D eigenvalue weighted by molar-refractivity contribution is 5.92. The minimum atomic E-state index is -0.254. The maximum Gasteiger partial charge on any atom is 0.224 e. The van der Waals surface area contributed by atoms with Crippen LogP contribution in [0.15, 0.2) is 42.5 Å². The molecule has 2 aromatic rings. The van der Waals surface area contributed by atoms with Crippen LogP contribution < -0.4 is 5.32 Å². The smallest absolute Gasteiger partial charge is 0.224 e. The molecule has 2 aromatic carbocycles. The minimum Gasteiger partial charge on any atom is -0.326 e. The maximum atomic E-state index is 13.7. The van der Waals surface area contributed by atoms with E-state index < -0.39 is 0 Å². The third kappa shape index (κ3) is 4.44. The molecule has 2 nitrogen and oxygen atoms in total. The number of rotatable bonds is 6. The summed E-state index contributed by atoms with van der Waals surface area (Å²) in [7, 11) is 0. The van der Waals surface area contributed by atoms with Crippen LogP contribution in [-0.4, -0.2) is 5.91 Å². The summed E-state index contributed by atoms with van der Waals surface area (Å²) in [5, 5.41) is 3.07. The van der Waals surface area contributed by atoms with Crippen LogP contribution in [0, 0.1) is 5.82 Å². The van der Waals surface area contributed by atoms with Crippen molar-refractivity contribution in [2.24, 2.45) is 0 Å². The molecule has 128 valence electrons. The van der Waals surface area contributed by atoms with Crippen LogP contribution in [0.1, 0.15) is 62.6 Å². The zero-order chi connectivity index (χ0) is 17.7. The molecular weight excluding hydrogens is 301 g/mol. The van der Waals surface area contributed by atoms with Gasteiger partial charge in [0.15, 0.2) is 0 Å². The van der Waals surface area contributed by atoms with Gasteiger partial charge in [-0.05, 0) is 41.0 Å². The molecule has 1 N–H and O–H groups in total. The second kappa shape index (κ2) is 8.09. The third-order valence-electron chi connectivity index (χ3n) is 4.22. The van der Waals surface area contributed by atoms with Gasteiger partial charge in [0.1, 0.15) is 5.82 Å². The Hall–Kier alpha value is -2.16. The van der Waals surface area contributed by atoms with Crippen molar-refractivity contribution in [2.75, 3.05) is 5.32 Å². The molecule has 0 saturated heterocycles. The van der Waals surface area contributed by atoms with Gasteiger partial charge in [-0.3, -0.25) is 4.79 Å². The zero-order valence-corrected chi connectivity index (χ0v) is 14.9. The lowest BCUT2D eigenvalue weighted by atomic mass is 9.92. The average molecular weight is 327 g/mol. The highest BCUT2D eigenvalue weighted by atomic mass is 19.1. The van der Waals surface area contributed by atoms with Crippen molar-refractivity contribution in [1.82, 2.24) is 0 Å². The van der Waals surface area contributed by atoms with E-state index in [9.17, 15) is 9.18 Å². The topological polar surface area (TPSA) is 29.1 Å². The summed E-state index contributed by atoms with van der Waals surface area (Å²) in [5.74, 6) is 0.320. The molecule has 0 aromatic heterocycles. The van der Waals surface area contributed by atoms with Crippen LogP contribution >= 0.6 is 0 Å². The first-order chi connectivity index (χ1) is 11.4. The molecule has 0 unspecified atom stereocenters. The number of amides is 1. The molecule has 3 heteroatoms. The molecule has 0 aliphatic rings. The number of nitrogens with one attached hydrogen (secondary N) is 1. The van der Waals surface area contributed by atoms with E-state index in [4.69, 9.17) is 0 Å². The lowest BCUT2D eigenvalue weighted by Crippen LogP contribution is -2.16. The lowest BCUT2D eigenvalue weighted by molar-refractivity contribution is -0.116. The molecule has 0 aliphatic heterocycles. The number of benzene rings is 2. The number of para-hydroxylation sites is 1. The van der Waals surface area contributed by atoms with Crippen LogP contribution in [-0.2, 0) is 11.2 Å². The molecule has 0 atom stereocenters. The average Bonchev–Trinajstić information content (AvgIpc) is 2.53. The van der Waals surface area contributed by atoms with Crippen molar-refractivity contribution < 1.29 is 9.18 Å². The van der Waals surface area contributed by atoms with Crippen LogP contribution in [0.25, 0.3) is 0 Å². The van der Waals surface area contributed by atoms with Crippen LogP contribution in [0.4, 0.5) is 10.1 Å². The molecule has 0 radical (unpaired) electrons. The Morgan fingerprint density at radius 2 is 1.54 bits per heavy atom. The largest absolute Gasteiger partial charge is 0.326 e. The van der Waals surface area contributed by atoms with E-state index in [-0.39, 0.29) is 18.1 Å². The number of carbonyl (C=O) groups excluding carboxylic acids is 1. The number of aryl methyl sites for hydroxylation is 1.